The van der Waals surface area contributed by atoms with Crippen molar-refractivity contribution in [3.05, 3.63) is 22.6 Å². The largest absolute Gasteiger partial charge is 0.281 e. The third kappa shape index (κ3) is 2.53. The molecule has 0 amide bonds. The van der Waals surface area contributed by atoms with Gasteiger partial charge in [0.15, 0.2) is 5.82 Å². The van der Waals surface area contributed by atoms with E-state index in [1.807, 2.05) is 0 Å². The molecule has 0 atom stereocenters. The number of hydrogen-bond acceptors (Lipinski definition) is 3. The van der Waals surface area contributed by atoms with Crippen molar-refractivity contribution in [2.75, 3.05) is 0 Å². The lowest BCUT2D eigenvalue weighted by Crippen LogP contribution is -2.03. The Morgan fingerprint density at radius 2 is 1.93 bits per heavy atom. The van der Waals surface area contributed by atoms with E-state index in [4.69, 9.17) is 22.3 Å². The van der Waals surface area contributed by atoms with Crippen molar-refractivity contribution in [2.24, 2.45) is 0 Å². The van der Waals surface area contributed by atoms with Crippen LogP contribution in [0.25, 0.3) is 0 Å². The van der Waals surface area contributed by atoms with Crippen LogP contribution in [-0.4, -0.2) is 13.4 Å². The fraction of sp³-hybridized carbons (Fsp3) is 0.167. The van der Waals surface area contributed by atoms with Gasteiger partial charge in [0, 0.05) is 16.9 Å². The standard InChI is InChI=1S/C6H2Cl2F3NO2S/c7-3-2(5(10)11)1-12-6(4(3)9)15(8,13)14/h1,5H. The number of rotatable bonds is 2. The summed E-state index contributed by atoms with van der Waals surface area (Å²) in [5, 5.41) is -2.17. The lowest BCUT2D eigenvalue weighted by atomic mass is 10.3. The van der Waals surface area contributed by atoms with Gasteiger partial charge in [-0.05, 0) is 0 Å². The van der Waals surface area contributed by atoms with E-state index >= 15 is 0 Å². The molecule has 0 saturated heterocycles. The molecular formula is C6H2Cl2F3NO2S. The number of aromatic nitrogens is 1. The average molecular weight is 280 g/mol. The Bertz CT molecular complexity index is 491. The van der Waals surface area contributed by atoms with E-state index in [1.165, 1.54) is 0 Å². The van der Waals surface area contributed by atoms with Gasteiger partial charge >= 0.3 is 0 Å². The van der Waals surface area contributed by atoms with Gasteiger partial charge in [0.2, 0.25) is 5.03 Å². The lowest BCUT2D eigenvalue weighted by Gasteiger charge is -2.05. The summed E-state index contributed by atoms with van der Waals surface area (Å²) in [4.78, 5) is 2.97. The van der Waals surface area contributed by atoms with Crippen LogP contribution >= 0.6 is 22.3 Å². The summed E-state index contributed by atoms with van der Waals surface area (Å²) in [6, 6.07) is 0. The SMILES string of the molecule is O=S(=O)(Cl)c1ncc(C(F)F)c(Cl)c1F. The second kappa shape index (κ2) is 4.15. The highest BCUT2D eigenvalue weighted by Gasteiger charge is 2.25. The number of alkyl halides is 2. The summed E-state index contributed by atoms with van der Waals surface area (Å²) in [6.45, 7) is 0. The molecular weight excluding hydrogens is 278 g/mol. The van der Waals surface area contributed by atoms with E-state index in [0.29, 0.717) is 6.20 Å². The molecule has 0 aliphatic heterocycles. The molecule has 0 fully saturated rings. The van der Waals surface area contributed by atoms with Crippen LogP contribution in [-0.2, 0) is 9.05 Å². The topological polar surface area (TPSA) is 47.0 Å². The van der Waals surface area contributed by atoms with Gasteiger partial charge in [-0.15, -0.1) is 0 Å². The van der Waals surface area contributed by atoms with Crippen LogP contribution in [0.5, 0.6) is 0 Å². The second-order valence-corrected chi connectivity index (χ2v) is 5.24. The third-order valence-electron chi connectivity index (χ3n) is 1.42. The smallest absolute Gasteiger partial charge is 0.240 e. The molecule has 15 heavy (non-hydrogen) atoms. The quantitative estimate of drug-likeness (QED) is 0.782. The minimum atomic E-state index is -4.44. The first-order chi connectivity index (χ1) is 6.75. The van der Waals surface area contributed by atoms with Crippen LogP contribution in [0.4, 0.5) is 13.2 Å². The first-order valence-electron chi connectivity index (χ1n) is 3.32. The van der Waals surface area contributed by atoms with Gasteiger partial charge in [-0.25, -0.2) is 26.6 Å². The number of nitrogens with zero attached hydrogens (tertiary/aromatic N) is 1. The summed E-state index contributed by atoms with van der Waals surface area (Å²) in [5.41, 5.74) is -0.891. The average Bonchev–Trinajstić information content (AvgIpc) is 2.06. The van der Waals surface area contributed by atoms with E-state index in [1.54, 1.807) is 0 Å². The zero-order valence-electron chi connectivity index (χ0n) is 6.72. The van der Waals surface area contributed by atoms with Gasteiger partial charge in [-0.1, -0.05) is 11.6 Å². The van der Waals surface area contributed by atoms with Gasteiger partial charge in [0.1, 0.15) is 0 Å². The molecule has 0 N–H and O–H groups in total. The highest BCUT2D eigenvalue weighted by Crippen LogP contribution is 2.31. The Hall–Kier alpha value is -0.530. The zero-order chi connectivity index (χ0) is 11.8. The normalized spacial score (nSPS) is 12.1. The summed E-state index contributed by atoms with van der Waals surface area (Å²) in [6.07, 6.45) is -2.59. The molecule has 1 aromatic rings. The van der Waals surface area contributed by atoms with E-state index in [2.05, 4.69) is 4.98 Å². The maximum atomic E-state index is 13.1. The van der Waals surface area contributed by atoms with Crippen molar-refractivity contribution in [1.82, 2.24) is 4.98 Å². The van der Waals surface area contributed by atoms with Crippen LogP contribution in [0.1, 0.15) is 12.0 Å². The van der Waals surface area contributed by atoms with Crippen LogP contribution < -0.4 is 0 Å². The van der Waals surface area contributed by atoms with E-state index in [-0.39, 0.29) is 0 Å². The van der Waals surface area contributed by atoms with Crippen molar-refractivity contribution in [1.29, 1.82) is 0 Å². The summed E-state index contributed by atoms with van der Waals surface area (Å²) in [7, 11) is 0.350. The van der Waals surface area contributed by atoms with Crippen molar-refractivity contribution in [3.63, 3.8) is 0 Å². The predicted octanol–water partition coefficient (Wildman–Crippen LogP) is 2.74. The molecule has 0 unspecified atom stereocenters. The minimum Gasteiger partial charge on any atom is -0.240 e. The zero-order valence-corrected chi connectivity index (χ0v) is 9.04. The minimum absolute atomic E-state index is 0.464. The molecule has 0 saturated carbocycles. The molecule has 1 aromatic heterocycles. The number of pyridine rings is 1. The van der Waals surface area contributed by atoms with Gasteiger partial charge in [-0.2, -0.15) is 0 Å². The highest BCUT2D eigenvalue weighted by molar-refractivity contribution is 8.13. The lowest BCUT2D eigenvalue weighted by molar-refractivity contribution is 0.150. The van der Waals surface area contributed by atoms with Gasteiger partial charge in [0.05, 0.1) is 10.6 Å². The molecule has 0 aliphatic carbocycles. The predicted molar refractivity (Wildman–Crippen MR) is 47.2 cm³/mol. The highest BCUT2D eigenvalue weighted by atomic mass is 35.7. The third-order valence-corrected chi connectivity index (χ3v) is 2.99. The van der Waals surface area contributed by atoms with Crippen LogP contribution in [0.15, 0.2) is 11.2 Å². The van der Waals surface area contributed by atoms with Crippen LogP contribution in [0, 0.1) is 5.82 Å². The molecule has 1 rings (SSSR count). The molecule has 9 heteroatoms. The first-order valence-corrected chi connectivity index (χ1v) is 6.00. The van der Waals surface area contributed by atoms with Gasteiger partial charge < -0.3 is 0 Å². The van der Waals surface area contributed by atoms with E-state index in [0.717, 1.165) is 0 Å². The maximum absolute atomic E-state index is 13.1. The van der Waals surface area contributed by atoms with Gasteiger partial charge in [0.25, 0.3) is 15.5 Å². The molecule has 0 radical (unpaired) electrons. The second-order valence-electron chi connectivity index (χ2n) is 2.39. The molecule has 0 aliphatic rings. The summed E-state index contributed by atoms with van der Waals surface area (Å²) < 4.78 is 58.9. The fourth-order valence-corrected chi connectivity index (χ4v) is 1.88. The molecule has 0 bridgehead atoms. The van der Waals surface area contributed by atoms with E-state index < -0.39 is 36.9 Å². The Morgan fingerprint density at radius 3 is 2.33 bits per heavy atom. The molecule has 1 heterocycles. The van der Waals surface area contributed by atoms with E-state index in [9.17, 15) is 21.6 Å². The van der Waals surface area contributed by atoms with Crippen LogP contribution in [0.2, 0.25) is 5.02 Å². The van der Waals surface area contributed by atoms with Crippen molar-refractivity contribution in [3.8, 4) is 0 Å². The Morgan fingerprint density at radius 1 is 1.40 bits per heavy atom. The van der Waals surface area contributed by atoms with Crippen molar-refractivity contribution in [2.45, 2.75) is 11.5 Å². The Labute approximate surface area is 92.2 Å². The molecule has 3 nitrogen and oxygen atoms in total. The summed E-state index contributed by atoms with van der Waals surface area (Å²) in [5.74, 6) is -1.58. The Balaban J connectivity index is 3.48. The van der Waals surface area contributed by atoms with Gasteiger partial charge in [-0.3, -0.25) is 0 Å². The molecule has 0 aromatic carbocycles. The molecule has 0 spiro atoms. The molecule has 84 valence electrons. The monoisotopic (exact) mass is 279 g/mol. The van der Waals surface area contributed by atoms with Crippen molar-refractivity contribution >= 4 is 31.3 Å². The van der Waals surface area contributed by atoms with Crippen LogP contribution in [0.3, 0.4) is 0 Å². The van der Waals surface area contributed by atoms with Crippen molar-refractivity contribution < 1.29 is 21.6 Å². The number of halogens is 5. The Kier molecular flexibility index (Phi) is 3.47. The number of hydrogen-bond donors (Lipinski definition) is 0. The summed E-state index contributed by atoms with van der Waals surface area (Å²) >= 11 is 5.18. The first kappa shape index (κ1) is 12.5. The fourth-order valence-electron chi connectivity index (χ4n) is 0.784. The maximum Gasteiger partial charge on any atom is 0.281 e.